The number of nitrogens with one attached hydrogen (secondary N) is 1. The molecule has 0 bridgehead atoms. The van der Waals surface area contributed by atoms with Gasteiger partial charge in [0.05, 0.1) is 0 Å². The summed E-state index contributed by atoms with van der Waals surface area (Å²) in [6.45, 7) is 5.61. The van der Waals surface area contributed by atoms with E-state index in [0.29, 0.717) is 42.7 Å². The van der Waals surface area contributed by atoms with Crippen molar-refractivity contribution in [1.29, 1.82) is 0 Å². The largest absolute Gasteiger partial charge is 0.342 e. The van der Waals surface area contributed by atoms with Crippen LogP contribution in [0.15, 0.2) is 53.4 Å². The van der Waals surface area contributed by atoms with Gasteiger partial charge in [0.1, 0.15) is 6.54 Å². The molecule has 0 aliphatic heterocycles. The number of carbonyl (C=O) groups is 2. The van der Waals surface area contributed by atoms with Gasteiger partial charge in [-0.15, -0.1) is 0 Å². The SMILES string of the molecule is CCN(CC)C(=O)Cn1ccc2cc(NC(=O)CCc3nc(-c4ncccn4)no3)ccc21. The molecule has 10 nitrogen and oxygen atoms in total. The van der Waals surface area contributed by atoms with E-state index >= 15 is 0 Å². The molecule has 0 atom stereocenters. The minimum absolute atomic E-state index is 0.0814. The van der Waals surface area contributed by atoms with Crippen LogP contribution < -0.4 is 5.32 Å². The highest BCUT2D eigenvalue weighted by Crippen LogP contribution is 2.21. The minimum atomic E-state index is -0.166. The van der Waals surface area contributed by atoms with Crippen molar-refractivity contribution in [3.8, 4) is 11.6 Å². The first-order chi connectivity index (χ1) is 16.1. The van der Waals surface area contributed by atoms with Gasteiger partial charge < -0.3 is 19.3 Å². The normalized spacial score (nSPS) is 11.0. The summed E-state index contributed by atoms with van der Waals surface area (Å²) >= 11 is 0. The maximum Gasteiger partial charge on any atom is 0.242 e. The van der Waals surface area contributed by atoms with Crippen LogP contribution in [0.25, 0.3) is 22.6 Å². The Bertz CT molecular complexity index is 1250. The Morgan fingerprint density at radius 2 is 1.88 bits per heavy atom. The molecule has 0 fully saturated rings. The van der Waals surface area contributed by atoms with E-state index in [1.54, 1.807) is 23.4 Å². The number of aromatic nitrogens is 5. The van der Waals surface area contributed by atoms with E-state index in [4.69, 9.17) is 4.52 Å². The zero-order valence-electron chi connectivity index (χ0n) is 18.6. The van der Waals surface area contributed by atoms with Crippen molar-refractivity contribution >= 4 is 28.4 Å². The number of hydrogen-bond donors (Lipinski definition) is 1. The molecule has 0 radical (unpaired) electrons. The Morgan fingerprint density at radius 1 is 1.09 bits per heavy atom. The number of anilines is 1. The first kappa shape index (κ1) is 22.1. The molecule has 10 heteroatoms. The molecule has 3 heterocycles. The molecule has 1 aromatic carbocycles. The van der Waals surface area contributed by atoms with Crippen LogP contribution in [-0.2, 0) is 22.6 Å². The van der Waals surface area contributed by atoms with Gasteiger partial charge in [-0.3, -0.25) is 9.59 Å². The third-order valence-corrected chi connectivity index (χ3v) is 5.28. The molecular formula is C23H25N7O3. The van der Waals surface area contributed by atoms with Gasteiger partial charge in [0.2, 0.25) is 29.4 Å². The Morgan fingerprint density at radius 3 is 2.64 bits per heavy atom. The molecule has 4 aromatic rings. The third kappa shape index (κ3) is 5.22. The Balaban J connectivity index is 1.35. The number of carbonyl (C=O) groups excluding carboxylic acids is 2. The number of aryl methyl sites for hydroxylation is 1. The van der Waals surface area contributed by atoms with Gasteiger partial charge in [0.25, 0.3) is 0 Å². The zero-order valence-corrected chi connectivity index (χ0v) is 18.6. The van der Waals surface area contributed by atoms with E-state index in [9.17, 15) is 9.59 Å². The van der Waals surface area contributed by atoms with Crippen LogP contribution in [0.1, 0.15) is 26.2 Å². The molecule has 0 saturated heterocycles. The molecule has 0 unspecified atom stereocenters. The van der Waals surface area contributed by atoms with Gasteiger partial charge in [-0.25, -0.2) is 9.97 Å². The Labute approximate surface area is 190 Å². The summed E-state index contributed by atoms with van der Waals surface area (Å²) in [5.74, 6) is 0.925. The summed E-state index contributed by atoms with van der Waals surface area (Å²) in [7, 11) is 0. The average Bonchev–Trinajstić information content (AvgIpc) is 3.46. The lowest BCUT2D eigenvalue weighted by Crippen LogP contribution is -2.33. The molecule has 2 amide bonds. The maximum atomic E-state index is 12.4. The molecule has 170 valence electrons. The fourth-order valence-electron chi connectivity index (χ4n) is 3.54. The van der Waals surface area contributed by atoms with E-state index in [1.807, 2.05) is 48.9 Å². The van der Waals surface area contributed by atoms with Crippen molar-refractivity contribution in [2.75, 3.05) is 18.4 Å². The molecule has 3 aromatic heterocycles. The van der Waals surface area contributed by atoms with E-state index < -0.39 is 0 Å². The number of fused-ring (bicyclic) bond motifs is 1. The first-order valence-corrected chi connectivity index (χ1v) is 10.8. The van der Waals surface area contributed by atoms with Crippen molar-refractivity contribution in [1.82, 2.24) is 29.6 Å². The highest BCUT2D eigenvalue weighted by molar-refractivity contribution is 5.94. The van der Waals surface area contributed by atoms with Gasteiger partial charge in [-0.2, -0.15) is 4.98 Å². The number of benzene rings is 1. The van der Waals surface area contributed by atoms with Gasteiger partial charge >= 0.3 is 0 Å². The van der Waals surface area contributed by atoms with Crippen LogP contribution in [0.5, 0.6) is 0 Å². The summed E-state index contributed by atoms with van der Waals surface area (Å²) < 4.78 is 7.11. The second-order valence-electron chi connectivity index (χ2n) is 7.42. The van der Waals surface area contributed by atoms with Gasteiger partial charge in [0.15, 0.2) is 0 Å². The topological polar surface area (TPSA) is 119 Å². The lowest BCUT2D eigenvalue weighted by atomic mass is 10.2. The maximum absolute atomic E-state index is 12.4. The fraction of sp³-hybridized carbons (Fsp3) is 0.304. The molecule has 1 N–H and O–H groups in total. The number of nitrogens with zero attached hydrogens (tertiary/aromatic N) is 6. The van der Waals surface area contributed by atoms with Crippen LogP contribution in [0.2, 0.25) is 0 Å². The predicted molar refractivity (Wildman–Crippen MR) is 122 cm³/mol. The molecule has 0 aliphatic carbocycles. The summed E-state index contributed by atoms with van der Waals surface area (Å²) in [6.07, 6.45) is 5.58. The average molecular weight is 447 g/mol. The molecule has 0 spiro atoms. The summed E-state index contributed by atoms with van der Waals surface area (Å²) in [5.41, 5.74) is 1.62. The summed E-state index contributed by atoms with van der Waals surface area (Å²) in [6, 6.07) is 9.27. The van der Waals surface area contributed by atoms with E-state index in [1.165, 1.54) is 0 Å². The lowest BCUT2D eigenvalue weighted by Gasteiger charge is -2.19. The van der Waals surface area contributed by atoms with Crippen molar-refractivity contribution < 1.29 is 14.1 Å². The van der Waals surface area contributed by atoms with Crippen LogP contribution in [-0.4, -0.2) is 54.5 Å². The van der Waals surface area contributed by atoms with E-state index in [0.717, 1.165) is 10.9 Å². The van der Waals surface area contributed by atoms with Crippen LogP contribution in [0.4, 0.5) is 5.69 Å². The third-order valence-electron chi connectivity index (χ3n) is 5.28. The molecule has 0 aliphatic rings. The van der Waals surface area contributed by atoms with Crippen LogP contribution in [0.3, 0.4) is 0 Å². The number of hydrogen-bond acceptors (Lipinski definition) is 7. The predicted octanol–water partition coefficient (Wildman–Crippen LogP) is 2.92. The second-order valence-corrected chi connectivity index (χ2v) is 7.42. The smallest absolute Gasteiger partial charge is 0.242 e. The quantitative estimate of drug-likeness (QED) is 0.419. The van der Waals surface area contributed by atoms with Crippen molar-refractivity contribution in [3.05, 3.63) is 54.8 Å². The second kappa shape index (κ2) is 10.0. The first-order valence-electron chi connectivity index (χ1n) is 10.8. The lowest BCUT2D eigenvalue weighted by molar-refractivity contribution is -0.131. The molecule has 0 saturated carbocycles. The van der Waals surface area contributed by atoms with E-state index in [2.05, 4.69) is 25.4 Å². The number of amides is 2. The standard InChI is InChI=1S/C23H25N7O3/c1-3-29(4-2)21(32)15-30-13-10-16-14-17(6-7-18(16)30)26-19(31)8-9-20-27-23(28-33-20)22-24-11-5-12-25-22/h5-7,10-14H,3-4,8-9,15H2,1-2H3,(H,26,31). The molecule has 33 heavy (non-hydrogen) atoms. The van der Waals surface area contributed by atoms with Crippen molar-refractivity contribution in [2.24, 2.45) is 0 Å². The van der Waals surface area contributed by atoms with Gasteiger partial charge in [0, 0.05) is 61.1 Å². The highest BCUT2D eigenvalue weighted by atomic mass is 16.5. The summed E-state index contributed by atoms with van der Waals surface area (Å²) in [5, 5.41) is 7.69. The number of rotatable bonds is 9. The summed E-state index contributed by atoms with van der Waals surface area (Å²) in [4.78, 5) is 39.0. The Hall–Kier alpha value is -4.08. The van der Waals surface area contributed by atoms with Gasteiger partial charge in [-0.1, -0.05) is 5.16 Å². The van der Waals surface area contributed by atoms with Crippen molar-refractivity contribution in [3.63, 3.8) is 0 Å². The molecular weight excluding hydrogens is 422 g/mol. The van der Waals surface area contributed by atoms with Gasteiger partial charge in [-0.05, 0) is 44.2 Å². The number of likely N-dealkylation sites (N-methyl/N-ethyl adjacent to an activating group) is 1. The Kier molecular flexibility index (Phi) is 6.72. The van der Waals surface area contributed by atoms with E-state index in [-0.39, 0.29) is 24.8 Å². The zero-order chi connectivity index (χ0) is 23.2. The van der Waals surface area contributed by atoms with Crippen molar-refractivity contribution in [2.45, 2.75) is 33.2 Å². The highest BCUT2D eigenvalue weighted by Gasteiger charge is 2.14. The monoisotopic (exact) mass is 447 g/mol. The minimum Gasteiger partial charge on any atom is -0.342 e. The van der Waals surface area contributed by atoms with Crippen LogP contribution >= 0.6 is 0 Å². The molecule has 4 rings (SSSR count). The fourth-order valence-corrected chi connectivity index (χ4v) is 3.54. The van der Waals surface area contributed by atoms with Crippen LogP contribution in [0, 0.1) is 0 Å².